The second-order valence-corrected chi connectivity index (χ2v) is 7.42. The van der Waals surface area contributed by atoms with Crippen LogP contribution >= 0.6 is 0 Å². The van der Waals surface area contributed by atoms with Crippen molar-refractivity contribution in [3.8, 4) is 11.1 Å². The van der Waals surface area contributed by atoms with Gasteiger partial charge in [-0.15, -0.1) is 0 Å². The van der Waals surface area contributed by atoms with Crippen molar-refractivity contribution in [1.82, 2.24) is 14.9 Å². The molecule has 33 heavy (non-hydrogen) atoms. The van der Waals surface area contributed by atoms with Gasteiger partial charge in [-0.25, -0.2) is 9.78 Å². The van der Waals surface area contributed by atoms with Crippen molar-refractivity contribution >= 4 is 22.8 Å². The number of aliphatic carboxylic acids is 1. The highest BCUT2D eigenvalue weighted by molar-refractivity contribution is 5.98. The summed E-state index contributed by atoms with van der Waals surface area (Å²) >= 11 is 0. The number of alkyl halides is 3. The van der Waals surface area contributed by atoms with E-state index in [1.807, 2.05) is 23.2 Å². The molecule has 3 rings (SSSR count). The number of aromatic nitrogens is 2. The largest absolute Gasteiger partial charge is 0.490 e. The summed E-state index contributed by atoms with van der Waals surface area (Å²) in [5, 5.41) is 8.07. The Balaban J connectivity index is 0.000000479. The van der Waals surface area contributed by atoms with Crippen molar-refractivity contribution in [2.45, 2.75) is 39.8 Å². The third-order valence-corrected chi connectivity index (χ3v) is 4.70. The van der Waals surface area contributed by atoms with Gasteiger partial charge in [-0.2, -0.15) is 13.2 Å². The van der Waals surface area contributed by atoms with Crippen LogP contribution in [-0.4, -0.2) is 51.1 Å². The summed E-state index contributed by atoms with van der Waals surface area (Å²) in [4.78, 5) is 32.8. The van der Waals surface area contributed by atoms with Crippen LogP contribution in [0.4, 0.5) is 13.2 Å². The first-order valence-corrected chi connectivity index (χ1v) is 10.5. The van der Waals surface area contributed by atoms with Gasteiger partial charge >= 0.3 is 12.1 Å². The molecule has 0 unspecified atom stereocenters. The zero-order chi connectivity index (χ0) is 24.6. The summed E-state index contributed by atoms with van der Waals surface area (Å²) in [6.07, 6.45) is 0.421. The second kappa shape index (κ2) is 11.4. The fraction of sp³-hybridized carbons (Fsp3) is 0.333. The predicted molar refractivity (Wildman–Crippen MR) is 120 cm³/mol. The zero-order valence-electron chi connectivity index (χ0n) is 18.7. The van der Waals surface area contributed by atoms with Crippen molar-refractivity contribution in [3.63, 3.8) is 0 Å². The third-order valence-electron chi connectivity index (χ3n) is 4.70. The monoisotopic (exact) mass is 461 g/mol. The van der Waals surface area contributed by atoms with E-state index in [-0.39, 0.29) is 5.91 Å². The maximum Gasteiger partial charge on any atom is 0.490 e. The van der Waals surface area contributed by atoms with Crippen molar-refractivity contribution in [2.24, 2.45) is 0 Å². The van der Waals surface area contributed by atoms with Crippen molar-refractivity contribution in [3.05, 3.63) is 60.0 Å². The third kappa shape index (κ3) is 7.00. The molecular weight excluding hydrogens is 435 g/mol. The number of amides is 1. The summed E-state index contributed by atoms with van der Waals surface area (Å²) in [7, 11) is 0. The van der Waals surface area contributed by atoms with Gasteiger partial charge in [-0.1, -0.05) is 43.7 Å². The number of rotatable bonds is 6. The summed E-state index contributed by atoms with van der Waals surface area (Å²) in [6.45, 7) is 7.76. The van der Waals surface area contributed by atoms with Crippen LogP contribution in [0.1, 0.15) is 42.7 Å². The van der Waals surface area contributed by atoms with Gasteiger partial charge in [-0.05, 0) is 37.5 Å². The maximum absolute atomic E-state index is 12.9. The van der Waals surface area contributed by atoms with Gasteiger partial charge < -0.3 is 10.0 Å². The highest BCUT2D eigenvalue weighted by Crippen LogP contribution is 2.27. The Hall–Kier alpha value is -3.49. The quantitative estimate of drug-likeness (QED) is 0.524. The molecule has 0 radical (unpaired) electrons. The number of aryl methyl sites for hydroxylation is 1. The molecule has 0 aliphatic rings. The van der Waals surface area contributed by atoms with Crippen molar-refractivity contribution < 1.29 is 27.9 Å². The first kappa shape index (κ1) is 25.8. The molecule has 3 aromatic rings. The Morgan fingerprint density at radius 1 is 0.970 bits per heavy atom. The minimum absolute atomic E-state index is 0.00210. The van der Waals surface area contributed by atoms with E-state index in [2.05, 4.69) is 50.0 Å². The number of halogens is 3. The Bertz CT molecular complexity index is 1090. The van der Waals surface area contributed by atoms with Gasteiger partial charge in [-0.3, -0.25) is 9.78 Å². The molecule has 2 aromatic heterocycles. The lowest BCUT2D eigenvalue weighted by atomic mass is 10.0. The molecule has 1 N–H and O–H groups in total. The van der Waals surface area contributed by atoms with Crippen LogP contribution in [0.5, 0.6) is 0 Å². The van der Waals surface area contributed by atoms with E-state index in [9.17, 15) is 18.0 Å². The van der Waals surface area contributed by atoms with Crippen LogP contribution in [0.15, 0.2) is 48.8 Å². The van der Waals surface area contributed by atoms with Gasteiger partial charge in [0, 0.05) is 36.4 Å². The average Bonchev–Trinajstić information content (AvgIpc) is 2.78. The molecule has 0 saturated carbocycles. The Morgan fingerprint density at radius 3 is 2.06 bits per heavy atom. The lowest BCUT2D eigenvalue weighted by Gasteiger charge is -2.21. The Kier molecular flexibility index (Phi) is 8.90. The molecule has 1 aromatic carbocycles. The maximum atomic E-state index is 12.9. The summed E-state index contributed by atoms with van der Waals surface area (Å²) < 4.78 is 31.7. The summed E-state index contributed by atoms with van der Waals surface area (Å²) in [5.74, 6) is -2.75. The molecule has 0 saturated heterocycles. The molecule has 2 heterocycles. The van der Waals surface area contributed by atoms with Crippen LogP contribution in [-0.2, 0) is 4.79 Å². The van der Waals surface area contributed by atoms with Crippen LogP contribution < -0.4 is 0 Å². The summed E-state index contributed by atoms with van der Waals surface area (Å²) in [6, 6.07) is 12.0. The van der Waals surface area contributed by atoms with Crippen LogP contribution in [0.25, 0.3) is 22.0 Å². The second-order valence-electron chi connectivity index (χ2n) is 7.42. The number of pyridine rings is 2. The molecule has 0 aliphatic carbocycles. The minimum Gasteiger partial charge on any atom is -0.475 e. The van der Waals surface area contributed by atoms with E-state index in [1.54, 1.807) is 6.20 Å². The number of hydrogen-bond acceptors (Lipinski definition) is 4. The SMILES string of the molecule is CCCN(CCC)C(=O)c1ccc2cncc(-c3ccc(C)cc3)c2n1.O=C(O)C(F)(F)F. The standard InChI is InChI=1S/C22H25N3O.C2HF3O2/c1-4-12-25(13-5-2)22(26)20-11-10-18-14-23-15-19(21(18)24-20)17-8-6-16(3)7-9-17;3-2(4,5)1(6)7/h6-11,14-15H,4-5,12-13H2,1-3H3;(H,6,7). The van der Waals surface area contributed by atoms with Gasteiger partial charge in [0.2, 0.25) is 0 Å². The van der Waals surface area contributed by atoms with Crippen LogP contribution in [0.3, 0.4) is 0 Å². The number of carbonyl (C=O) groups excluding carboxylic acids is 1. The van der Waals surface area contributed by atoms with E-state index in [1.165, 1.54) is 5.56 Å². The van der Waals surface area contributed by atoms with Crippen molar-refractivity contribution in [2.75, 3.05) is 13.1 Å². The number of hydrogen-bond donors (Lipinski definition) is 1. The van der Waals surface area contributed by atoms with Gasteiger partial charge in [0.05, 0.1) is 5.52 Å². The fourth-order valence-corrected chi connectivity index (χ4v) is 3.12. The highest BCUT2D eigenvalue weighted by Gasteiger charge is 2.38. The molecule has 176 valence electrons. The molecule has 1 amide bonds. The Labute approximate surface area is 190 Å². The molecule has 0 aliphatic heterocycles. The first-order chi connectivity index (χ1) is 15.6. The Morgan fingerprint density at radius 2 is 1.55 bits per heavy atom. The van der Waals surface area contributed by atoms with E-state index in [0.29, 0.717) is 5.69 Å². The molecular formula is C24H26F3N3O3. The van der Waals surface area contributed by atoms with E-state index >= 15 is 0 Å². The van der Waals surface area contributed by atoms with Crippen molar-refractivity contribution in [1.29, 1.82) is 0 Å². The highest BCUT2D eigenvalue weighted by atomic mass is 19.4. The lowest BCUT2D eigenvalue weighted by molar-refractivity contribution is -0.192. The number of benzene rings is 1. The normalized spacial score (nSPS) is 11.0. The van der Waals surface area contributed by atoms with E-state index < -0.39 is 12.1 Å². The minimum atomic E-state index is -5.08. The molecule has 0 atom stereocenters. The molecule has 0 bridgehead atoms. The zero-order valence-corrected chi connectivity index (χ0v) is 18.7. The van der Waals surface area contributed by atoms with E-state index in [4.69, 9.17) is 14.9 Å². The molecule has 0 spiro atoms. The van der Waals surface area contributed by atoms with Gasteiger partial charge in [0.15, 0.2) is 0 Å². The smallest absolute Gasteiger partial charge is 0.475 e. The number of nitrogens with zero attached hydrogens (tertiary/aromatic N) is 3. The number of fused-ring (bicyclic) bond motifs is 1. The lowest BCUT2D eigenvalue weighted by Crippen LogP contribution is -2.33. The molecule has 6 nitrogen and oxygen atoms in total. The number of carboxylic acid groups (broad SMARTS) is 1. The average molecular weight is 461 g/mol. The molecule has 0 fully saturated rings. The number of carbonyl (C=O) groups is 2. The van der Waals surface area contributed by atoms with Gasteiger partial charge in [0.25, 0.3) is 5.91 Å². The van der Waals surface area contributed by atoms with Crippen LogP contribution in [0.2, 0.25) is 0 Å². The predicted octanol–water partition coefficient (Wildman–Crippen LogP) is 5.50. The van der Waals surface area contributed by atoms with Gasteiger partial charge in [0.1, 0.15) is 5.69 Å². The topological polar surface area (TPSA) is 83.4 Å². The fourth-order valence-electron chi connectivity index (χ4n) is 3.12. The van der Waals surface area contributed by atoms with Crippen LogP contribution in [0, 0.1) is 6.92 Å². The molecule has 9 heteroatoms. The summed E-state index contributed by atoms with van der Waals surface area (Å²) in [5.41, 5.74) is 4.54. The first-order valence-electron chi connectivity index (χ1n) is 10.5. The number of carboxylic acids is 1. The van der Waals surface area contributed by atoms with E-state index in [0.717, 1.165) is 48.0 Å².